The number of hydrogen-bond acceptors (Lipinski definition) is 7. The summed E-state index contributed by atoms with van der Waals surface area (Å²) in [6.07, 6.45) is 0.861. The number of nitrogens with zero attached hydrogens (tertiary/aromatic N) is 2. The molecule has 0 saturated carbocycles. The Morgan fingerprint density at radius 2 is 1.59 bits per heavy atom. The molecule has 1 heterocycles. The lowest BCUT2D eigenvalue weighted by atomic mass is 10.1. The van der Waals surface area contributed by atoms with Gasteiger partial charge in [-0.3, -0.25) is 0 Å². The van der Waals surface area contributed by atoms with Crippen LogP contribution in [0, 0.1) is 6.92 Å². The summed E-state index contributed by atoms with van der Waals surface area (Å²) < 4.78 is 15.8. The summed E-state index contributed by atoms with van der Waals surface area (Å²) in [4.78, 5) is 9.03. The Kier molecular flexibility index (Phi) is 6.73. The van der Waals surface area contributed by atoms with E-state index in [1.165, 1.54) is 5.56 Å². The third kappa shape index (κ3) is 5.51. The van der Waals surface area contributed by atoms with Crippen LogP contribution < -0.4 is 24.8 Å². The van der Waals surface area contributed by atoms with Gasteiger partial charge in [-0.05, 0) is 43.2 Å². The second-order valence-electron chi connectivity index (χ2n) is 6.44. The third-order valence-corrected chi connectivity index (χ3v) is 4.37. The summed E-state index contributed by atoms with van der Waals surface area (Å²) in [5.74, 6) is 3.48. The Morgan fingerprint density at radius 3 is 2.28 bits per heavy atom. The highest BCUT2D eigenvalue weighted by Gasteiger charge is 2.07. The minimum absolute atomic E-state index is 0.585. The predicted octanol–water partition coefficient (Wildman–Crippen LogP) is 4.21. The first-order chi connectivity index (χ1) is 14.1. The summed E-state index contributed by atoms with van der Waals surface area (Å²) in [6.45, 7) is 2.67. The number of aryl methyl sites for hydroxylation is 1. The Bertz CT molecular complexity index is 945. The molecule has 0 aliphatic heterocycles. The van der Waals surface area contributed by atoms with Crippen LogP contribution in [0.1, 0.15) is 11.3 Å². The molecule has 1 aromatic heterocycles. The monoisotopic (exact) mass is 394 g/mol. The SMILES string of the molecule is COc1ccc(CCNc2nc(C)cc(Nc3ccc(OC)c(OC)c3)n2)cc1. The minimum Gasteiger partial charge on any atom is -0.497 e. The second kappa shape index (κ2) is 9.64. The van der Waals surface area contributed by atoms with Crippen LogP contribution in [0.2, 0.25) is 0 Å². The van der Waals surface area contributed by atoms with Crippen molar-refractivity contribution in [1.29, 1.82) is 0 Å². The van der Waals surface area contributed by atoms with Crippen molar-refractivity contribution in [3.63, 3.8) is 0 Å². The average molecular weight is 394 g/mol. The number of methoxy groups -OCH3 is 3. The predicted molar refractivity (Wildman–Crippen MR) is 115 cm³/mol. The molecular formula is C22H26N4O3. The maximum Gasteiger partial charge on any atom is 0.224 e. The van der Waals surface area contributed by atoms with Gasteiger partial charge in [0.25, 0.3) is 0 Å². The van der Waals surface area contributed by atoms with Gasteiger partial charge in [-0.15, -0.1) is 0 Å². The summed E-state index contributed by atoms with van der Waals surface area (Å²) in [5, 5.41) is 6.58. The Balaban J connectivity index is 1.64. The third-order valence-electron chi connectivity index (χ3n) is 4.37. The van der Waals surface area contributed by atoms with E-state index in [0.29, 0.717) is 23.3 Å². The number of benzene rings is 2. The maximum atomic E-state index is 5.35. The van der Waals surface area contributed by atoms with Gasteiger partial charge >= 0.3 is 0 Å². The van der Waals surface area contributed by atoms with Crippen molar-refractivity contribution in [3.05, 3.63) is 59.8 Å². The van der Waals surface area contributed by atoms with E-state index in [1.807, 2.05) is 43.3 Å². The van der Waals surface area contributed by atoms with Gasteiger partial charge in [0.2, 0.25) is 5.95 Å². The van der Waals surface area contributed by atoms with E-state index < -0.39 is 0 Å². The summed E-state index contributed by atoms with van der Waals surface area (Å²) in [5.41, 5.74) is 2.94. The van der Waals surface area contributed by atoms with Crippen LogP contribution in [0.25, 0.3) is 0 Å². The Hall–Kier alpha value is -3.48. The number of hydrogen-bond donors (Lipinski definition) is 2. The maximum absolute atomic E-state index is 5.35. The van der Waals surface area contributed by atoms with Crippen molar-refractivity contribution in [2.24, 2.45) is 0 Å². The smallest absolute Gasteiger partial charge is 0.224 e. The lowest BCUT2D eigenvalue weighted by molar-refractivity contribution is 0.355. The van der Waals surface area contributed by atoms with E-state index in [2.05, 4.69) is 32.7 Å². The Labute approximate surface area is 171 Å². The lowest BCUT2D eigenvalue weighted by Crippen LogP contribution is -2.09. The van der Waals surface area contributed by atoms with Crippen molar-refractivity contribution in [2.75, 3.05) is 38.5 Å². The zero-order chi connectivity index (χ0) is 20.6. The molecule has 0 radical (unpaired) electrons. The average Bonchev–Trinajstić information content (AvgIpc) is 2.73. The van der Waals surface area contributed by atoms with E-state index >= 15 is 0 Å². The van der Waals surface area contributed by atoms with Crippen LogP contribution in [0.4, 0.5) is 17.5 Å². The first-order valence-electron chi connectivity index (χ1n) is 9.33. The van der Waals surface area contributed by atoms with Crippen molar-refractivity contribution < 1.29 is 14.2 Å². The van der Waals surface area contributed by atoms with E-state index in [9.17, 15) is 0 Å². The van der Waals surface area contributed by atoms with E-state index in [4.69, 9.17) is 14.2 Å². The fraction of sp³-hybridized carbons (Fsp3) is 0.273. The van der Waals surface area contributed by atoms with Gasteiger partial charge in [-0.2, -0.15) is 4.98 Å². The van der Waals surface area contributed by atoms with E-state index in [0.717, 1.165) is 30.1 Å². The largest absolute Gasteiger partial charge is 0.497 e. The van der Waals surface area contributed by atoms with Crippen LogP contribution in [0.5, 0.6) is 17.2 Å². The molecule has 0 unspecified atom stereocenters. The van der Waals surface area contributed by atoms with Gasteiger partial charge in [0.1, 0.15) is 11.6 Å². The van der Waals surface area contributed by atoms with Gasteiger partial charge in [-0.1, -0.05) is 12.1 Å². The molecule has 0 fully saturated rings. The van der Waals surface area contributed by atoms with E-state index in [-0.39, 0.29) is 0 Å². The number of rotatable bonds is 9. The number of aromatic nitrogens is 2. The van der Waals surface area contributed by atoms with E-state index in [1.54, 1.807) is 21.3 Å². The normalized spacial score (nSPS) is 10.3. The van der Waals surface area contributed by atoms with Crippen LogP contribution in [0.3, 0.4) is 0 Å². The lowest BCUT2D eigenvalue weighted by Gasteiger charge is -2.12. The molecule has 7 nitrogen and oxygen atoms in total. The van der Waals surface area contributed by atoms with Crippen molar-refractivity contribution in [1.82, 2.24) is 9.97 Å². The topological polar surface area (TPSA) is 77.5 Å². The molecule has 2 N–H and O–H groups in total. The van der Waals surface area contributed by atoms with Gasteiger partial charge in [0.05, 0.1) is 21.3 Å². The molecule has 3 aromatic rings. The van der Waals surface area contributed by atoms with Gasteiger partial charge < -0.3 is 24.8 Å². The van der Waals surface area contributed by atoms with Crippen LogP contribution in [-0.2, 0) is 6.42 Å². The van der Waals surface area contributed by atoms with Gasteiger partial charge in [0.15, 0.2) is 11.5 Å². The van der Waals surface area contributed by atoms with Crippen molar-refractivity contribution in [3.8, 4) is 17.2 Å². The van der Waals surface area contributed by atoms with Crippen molar-refractivity contribution in [2.45, 2.75) is 13.3 Å². The molecule has 0 bridgehead atoms. The van der Waals surface area contributed by atoms with Gasteiger partial charge in [0, 0.05) is 30.1 Å². The Morgan fingerprint density at radius 1 is 0.828 bits per heavy atom. The van der Waals surface area contributed by atoms with Crippen LogP contribution in [-0.4, -0.2) is 37.8 Å². The quantitative estimate of drug-likeness (QED) is 0.563. The highest BCUT2D eigenvalue weighted by Crippen LogP contribution is 2.31. The highest BCUT2D eigenvalue weighted by atomic mass is 16.5. The summed E-state index contributed by atoms with van der Waals surface area (Å²) >= 11 is 0. The summed E-state index contributed by atoms with van der Waals surface area (Å²) in [6, 6.07) is 15.6. The molecule has 0 spiro atoms. The molecule has 0 aliphatic rings. The number of nitrogens with one attached hydrogen (secondary N) is 2. The first-order valence-corrected chi connectivity index (χ1v) is 9.33. The van der Waals surface area contributed by atoms with Gasteiger partial charge in [-0.25, -0.2) is 4.98 Å². The molecule has 0 saturated heterocycles. The fourth-order valence-electron chi connectivity index (χ4n) is 2.88. The van der Waals surface area contributed by atoms with Crippen LogP contribution >= 0.6 is 0 Å². The molecule has 7 heteroatoms. The highest BCUT2D eigenvalue weighted by molar-refractivity contribution is 5.62. The molecule has 0 amide bonds. The zero-order valence-electron chi connectivity index (χ0n) is 17.2. The first kappa shape index (κ1) is 20.3. The molecule has 0 atom stereocenters. The summed E-state index contributed by atoms with van der Waals surface area (Å²) in [7, 11) is 4.89. The molecule has 2 aromatic carbocycles. The second-order valence-corrected chi connectivity index (χ2v) is 6.44. The fourth-order valence-corrected chi connectivity index (χ4v) is 2.88. The standard InChI is InChI=1S/C22H26N4O3/c1-15-13-21(25-17-7-10-19(28-3)20(14-17)29-4)26-22(24-15)23-12-11-16-5-8-18(27-2)9-6-16/h5-10,13-14H,11-12H2,1-4H3,(H2,23,24,25,26). The number of anilines is 3. The molecular weight excluding hydrogens is 368 g/mol. The minimum atomic E-state index is 0.585. The molecule has 152 valence electrons. The number of ether oxygens (including phenoxy) is 3. The molecule has 29 heavy (non-hydrogen) atoms. The zero-order valence-corrected chi connectivity index (χ0v) is 17.2. The van der Waals surface area contributed by atoms with Crippen LogP contribution in [0.15, 0.2) is 48.5 Å². The molecule has 3 rings (SSSR count). The molecule has 0 aliphatic carbocycles. The van der Waals surface area contributed by atoms with Crippen molar-refractivity contribution >= 4 is 17.5 Å².